The molecule has 0 amide bonds. The standard InChI is InChI=1S/C5H6B6O/c1-3(7,5(10,11)12)4(8,9)2-6/h12H,2H2,1H3. The zero-order chi connectivity index (χ0) is 10.2. The molecular formula is C5H6B6O. The van der Waals surface area contributed by atoms with Gasteiger partial charge in [0.15, 0.2) is 0 Å². The molecule has 0 aromatic carbocycles. The maximum absolute atomic E-state index is 9.23. The van der Waals surface area contributed by atoms with Crippen molar-refractivity contribution < 1.29 is 5.11 Å². The highest BCUT2D eigenvalue weighted by atomic mass is 16.3. The number of aliphatic hydroxyl groups is 1. The van der Waals surface area contributed by atoms with Crippen molar-refractivity contribution in [3.05, 3.63) is 0 Å². The summed E-state index contributed by atoms with van der Waals surface area (Å²) >= 11 is 0. The molecule has 0 aromatic rings. The zero-order valence-electron chi connectivity index (χ0n) is 7.12. The van der Waals surface area contributed by atoms with E-state index < -0.39 is 15.9 Å². The van der Waals surface area contributed by atoms with Crippen molar-refractivity contribution >= 4 is 47.1 Å². The van der Waals surface area contributed by atoms with Gasteiger partial charge in [-0.25, -0.2) is 0 Å². The molecule has 1 nitrogen and oxygen atoms in total. The third kappa shape index (κ3) is 1.98. The first-order valence-corrected chi connectivity index (χ1v) is 3.43. The van der Waals surface area contributed by atoms with E-state index in [0.717, 1.165) is 0 Å². The van der Waals surface area contributed by atoms with Crippen molar-refractivity contribution in [3.8, 4) is 0 Å². The largest absolute Gasteiger partial charge is 0.409 e. The lowest BCUT2D eigenvalue weighted by Crippen LogP contribution is -2.50. The average molecular weight is 147 g/mol. The van der Waals surface area contributed by atoms with E-state index in [0.29, 0.717) is 0 Å². The van der Waals surface area contributed by atoms with Crippen LogP contribution in [0.4, 0.5) is 0 Å². The first-order chi connectivity index (χ1) is 5.06. The summed E-state index contributed by atoms with van der Waals surface area (Å²) in [6.07, 6.45) is -0.142. The van der Waals surface area contributed by atoms with Crippen molar-refractivity contribution in [1.82, 2.24) is 0 Å². The van der Waals surface area contributed by atoms with Gasteiger partial charge in [0.1, 0.15) is 0 Å². The topological polar surface area (TPSA) is 20.2 Å². The molecule has 12 heavy (non-hydrogen) atoms. The van der Waals surface area contributed by atoms with Gasteiger partial charge in [0.2, 0.25) is 0 Å². The van der Waals surface area contributed by atoms with Gasteiger partial charge in [-0.3, -0.25) is 0 Å². The van der Waals surface area contributed by atoms with Crippen LogP contribution < -0.4 is 0 Å². The molecule has 12 radical (unpaired) electrons. The molecule has 0 aromatic heterocycles. The Hall–Kier alpha value is 0.350. The minimum absolute atomic E-state index is 0.142. The molecule has 0 aliphatic carbocycles. The van der Waals surface area contributed by atoms with E-state index in [1.54, 1.807) is 0 Å². The van der Waals surface area contributed by atoms with Crippen LogP contribution in [0.15, 0.2) is 0 Å². The molecule has 50 valence electrons. The Morgan fingerprint density at radius 1 is 1.08 bits per heavy atom. The van der Waals surface area contributed by atoms with E-state index in [1.165, 1.54) is 6.92 Å². The van der Waals surface area contributed by atoms with Crippen LogP contribution in [0.2, 0.25) is 16.8 Å². The third-order valence-electron chi connectivity index (χ3n) is 2.14. The molecule has 1 N–H and O–H groups in total. The first kappa shape index (κ1) is 12.3. The predicted octanol–water partition coefficient (Wildman–Crippen LogP) is -1.64. The third-order valence-corrected chi connectivity index (χ3v) is 2.14. The summed E-state index contributed by atoms with van der Waals surface area (Å²) in [4.78, 5) is 0. The van der Waals surface area contributed by atoms with Crippen LogP contribution >= 0.6 is 0 Å². The maximum atomic E-state index is 9.23. The summed E-state index contributed by atoms with van der Waals surface area (Å²) in [5.74, 6) is 0. The van der Waals surface area contributed by atoms with Crippen LogP contribution in [0.25, 0.3) is 0 Å². The van der Waals surface area contributed by atoms with Gasteiger partial charge in [-0.2, -0.15) is 0 Å². The van der Waals surface area contributed by atoms with Gasteiger partial charge in [-0.05, 0) is 5.40 Å². The van der Waals surface area contributed by atoms with Gasteiger partial charge in [0.05, 0.1) is 47.1 Å². The molecule has 0 saturated heterocycles. The van der Waals surface area contributed by atoms with E-state index >= 15 is 0 Å². The highest BCUT2D eigenvalue weighted by Crippen LogP contribution is 2.51. The van der Waals surface area contributed by atoms with Crippen LogP contribution in [0, 0.1) is 0 Å². The zero-order valence-corrected chi connectivity index (χ0v) is 7.12. The van der Waals surface area contributed by atoms with Crippen LogP contribution in [0.3, 0.4) is 0 Å². The van der Waals surface area contributed by atoms with E-state index in [1.807, 2.05) is 0 Å². The van der Waals surface area contributed by atoms with Crippen LogP contribution in [-0.2, 0) is 0 Å². The Bertz CT molecular complexity index is 160. The highest BCUT2D eigenvalue weighted by molar-refractivity contribution is 6.52. The lowest BCUT2D eigenvalue weighted by atomic mass is 9.26. The second-order valence-electron chi connectivity index (χ2n) is 3.27. The molecule has 0 heterocycles. The Labute approximate surface area is 81.9 Å². The summed E-state index contributed by atoms with van der Waals surface area (Å²) in [5, 5.41) is 3.96. The fourth-order valence-corrected chi connectivity index (χ4v) is 0.585. The monoisotopic (exact) mass is 148 g/mol. The summed E-state index contributed by atoms with van der Waals surface area (Å²) in [7, 11) is 32.1. The molecule has 0 aliphatic heterocycles. The number of rotatable bonds is 3. The first-order valence-electron chi connectivity index (χ1n) is 3.43. The maximum Gasteiger partial charge on any atom is 0.0986 e. The molecule has 7 heteroatoms. The van der Waals surface area contributed by atoms with Crippen molar-refractivity contribution in [2.24, 2.45) is 0 Å². The SMILES string of the molecule is [B]CC([B])([B])C([B])(C)C([B])([B])O. The molecular weight excluding hydrogens is 141 g/mol. The second kappa shape index (κ2) is 3.25. The van der Waals surface area contributed by atoms with Crippen molar-refractivity contribution in [3.63, 3.8) is 0 Å². The van der Waals surface area contributed by atoms with E-state index in [-0.39, 0.29) is 6.32 Å². The quantitative estimate of drug-likeness (QED) is 0.474. The fourth-order valence-electron chi connectivity index (χ4n) is 0.585. The minimum atomic E-state index is -2.17. The smallest absolute Gasteiger partial charge is 0.0986 e. The Kier molecular flexibility index (Phi) is 3.34. The van der Waals surface area contributed by atoms with Crippen molar-refractivity contribution in [1.29, 1.82) is 0 Å². The second-order valence-corrected chi connectivity index (χ2v) is 3.27. The highest BCUT2D eigenvalue weighted by Gasteiger charge is 2.42. The van der Waals surface area contributed by atoms with Gasteiger partial charge in [0.25, 0.3) is 0 Å². The summed E-state index contributed by atoms with van der Waals surface area (Å²) in [6, 6.07) is 0. The Morgan fingerprint density at radius 2 is 1.42 bits per heavy atom. The molecule has 0 aliphatic rings. The predicted molar refractivity (Wildman–Crippen MR) is 55.3 cm³/mol. The molecule has 0 bridgehead atoms. The van der Waals surface area contributed by atoms with Gasteiger partial charge >= 0.3 is 0 Å². The normalized spacial score (nSPS) is 18.5. The van der Waals surface area contributed by atoms with Crippen molar-refractivity contribution in [2.75, 3.05) is 0 Å². The molecule has 1 unspecified atom stereocenters. The van der Waals surface area contributed by atoms with Gasteiger partial charge < -0.3 is 5.11 Å². The van der Waals surface area contributed by atoms with Gasteiger partial charge in [0, 0.05) is 0 Å². The average Bonchev–Trinajstić information content (AvgIpc) is 1.85. The molecule has 1 atom stereocenters. The summed E-state index contributed by atoms with van der Waals surface area (Å²) in [6.45, 7) is 1.33. The fraction of sp³-hybridized carbons (Fsp3) is 1.00. The van der Waals surface area contributed by atoms with E-state index in [4.69, 9.17) is 47.1 Å². The molecule has 0 spiro atoms. The molecule has 0 saturated carbocycles. The van der Waals surface area contributed by atoms with Gasteiger partial charge in [-0.1, -0.05) is 18.6 Å². The summed E-state index contributed by atoms with van der Waals surface area (Å²) < 4.78 is 0. The van der Waals surface area contributed by atoms with E-state index in [9.17, 15) is 5.11 Å². The summed E-state index contributed by atoms with van der Waals surface area (Å²) in [5.41, 5.74) is 0. The minimum Gasteiger partial charge on any atom is -0.409 e. The van der Waals surface area contributed by atoms with Crippen LogP contribution in [0.1, 0.15) is 6.92 Å². The number of hydrogen-bond donors (Lipinski definition) is 1. The number of hydrogen-bond acceptors (Lipinski definition) is 1. The Morgan fingerprint density at radius 3 is 1.50 bits per heavy atom. The molecule has 0 fully saturated rings. The van der Waals surface area contributed by atoms with E-state index in [2.05, 4.69) is 0 Å². The molecule has 0 rings (SSSR count). The van der Waals surface area contributed by atoms with Crippen LogP contribution in [-0.4, -0.2) is 57.6 Å². The van der Waals surface area contributed by atoms with Gasteiger partial charge in [-0.15, -0.1) is 5.21 Å². The lowest BCUT2D eigenvalue weighted by Gasteiger charge is -2.52. The lowest BCUT2D eigenvalue weighted by molar-refractivity contribution is 0.154. The van der Waals surface area contributed by atoms with Crippen LogP contribution in [0.5, 0.6) is 0 Å². The Balaban J connectivity index is 4.85. The van der Waals surface area contributed by atoms with Crippen molar-refractivity contribution in [2.45, 2.75) is 29.2 Å².